The first-order valence-electron chi connectivity index (χ1n) is 35.2. The second-order valence-electron chi connectivity index (χ2n) is 26.4. The summed E-state index contributed by atoms with van der Waals surface area (Å²) in [5.41, 5.74) is 8.24. The molecule has 0 radical (unpaired) electrons. The maximum Gasteiger partial charge on any atom is 0.317 e. The van der Waals surface area contributed by atoms with Crippen LogP contribution >= 0.6 is 0 Å². The number of carboxylic acids is 10. The number of rotatable bonds is 59. The van der Waals surface area contributed by atoms with E-state index in [0.29, 0.717) is 33.9 Å². The second-order valence-corrected chi connectivity index (χ2v) is 26.4. The minimum Gasteiger partial charge on any atom is -0.480 e. The van der Waals surface area contributed by atoms with Crippen molar-refractivity contribution in [2.75, 3.05) is 149 Å². The topological polar surface area (TPSA) is 655 Å². The van der Waals surface area contributed by atoms with Crippen molar-refractivity contribution in [1.29, 1.82) is 0 Å². The first-order chi connectivity index (χ1) is 52.7. The van der Waals surface area contributed by atoms with Gasteiger partial charge >= 0.3 is 59.7 Å². The zero-order valence-electron chi connectivity index (χ0n) is 62.0. The number of fused-ring (bicyclic) bond motifs is 1. The molecule has 1 aliphatic heterocycles. The lowest BCUT2D eigenvalue weighted by molar-refractivity contribution is -0.147. The highest BCUT2D eigenvalue weighted by molar-refractivity contribution is 5.95. The van der Waals surface area contributed by atoms with Crippen LogP contribution in [0, 0.1) is 5.92 Å². The highest BCUT2D eigenvalue weighted by Gasteiger charge is 2.37. The number of nitrogens with one attached hydrogen (secondary N) is 8. The van der Waals surface area contributed by atoms with E-state index >= 15 is 0 Å². The lowest BCUT2D eigenvalue weighted by Gasteiger charge is -2.33. The Morgan fingerprint density at radius 2 is 0.848 bits per heavy atom. The van der Waals surface area contributed by atoms with Gasteiger partial charge in [-0.15, -0.1) is 0 Å². The van der Waals surface area contributed by atoms with Crippen LogP contribution in [-0.4, -0.2) is 367 Å². The third kappa shape index (κ3) is 37.7. The zero-order chi connectivity index (χ0) is 83.9. The van der Waals surface area contributed by atoms with Gasteiger partial charge in [0.2, 0.25) is 47.3 Å². The molecular formula is C68H100N16O28. The average molecular weight is 1590 g/mol. The molecule has 8 amide bonds. The van der Waals surface area contributed by atoms with Gasteiger partial charge in [0, 0.05) is 110 Å². The molecule has 620 valence electrons. The van der Waals surface area contributed by atoms with Crippen LogP contribution in [0.2, 0.25) is 0 Å². The Balaban J connectivity index is 1.96. The van der Waals surface area contributed by atoms with Crippen LogP contribution in [0.25, 0.3) is 0 Å². The average Bonchev–Trinajstić information content (AvgIpc) is 1.65. The van der Waals surface area contributed by atoms with Crippen LogP contribution in [0.4, 0.5) is 5.69 Å². The minimum absolute atomic E-state index is 0.152. The molecule has 20 N–H and O–H groups in total. The summed E-state index contributed by atoms with van der Waals surface area (Å²) in [7, 11) is 0. The summed E-state index contributed by atoms with van der Waals surface area (Å²) in [5.74, 6) is -22.7. The molecule has 3 rings (SSSR count). The van der Waals surface area contributed by atoms with Crippen molar-refractivity contribution in [1.82, 2.24) is 71.5 Å². The summed E-state index contributed by atoms with van der Waals surface area (Å²) in [6.07, 6.45) is -0.00782. The third-order valence-electron chi connectivity index (χ3n) is 17.4. The first-order valence-corrected chi connectivity index (χ1v) is 35.2. The van der Waals surface area contributed by atoms with Crippen LogP contribution in [0.15, 0.2) is 48.5 Å². The van der Waals surface area contributed by atoms with Crippen molar-refractivity contribution in [2.45, 2.75) is 95.7 Å². The number of primary amides is 1. The summed E-state index contributed by atoms with van der Waals surface area (Å²) < 4.78 is 0. The zero-order valence-corrected chi connectivity index (χ0v) is 62.0. The third-order valence-corrected chi connectivity index (χ3v) is 17.4. The molecule has 2 aromatic rings. The molecule has 0 saturated carbocycles. The molecule has 0 spiro atoms. The van der Waals surface area contributed by atoms with E-state index in [1.165, 1.54) is 11.8 Å². The molecule has 44 heteroatoms. The Labute approximate surface area is 641 Å². The van der Waals surface area contributed by atoms with Gasteiger partial charge in [-0.2, -0.15) is 0 Å². The van der Waals surface area contributed by atoms with E-state index in [2.05, 4.69) is 42.5 Å². The van der Waals surface area contributed by atoms with E-state index in [4.69, 9.17) is 5.73 Å². The van der Waals surface area contributed by atoms with E-state index < -0.39 is 281 Å². The van der Waals surface area contributed by atoms with Gasteiger partial charge in [-0.1, -0.05) is 62.7 Å². The molecule has 0 aliphatic carbocycles. The van der Waals surface area contributed by atoms with Crippen LogP contribution in [0.3, 0.4) is 0 Å². The monoisotopic (exact) mass is 1590 g/mol. The first kappa shape index (κ1) is 94.6. The predicted molar refractivity (Wildman–Crippen MR) is 387 cm³/mol. The molecule has 0 bridgehead atoms. The quantitative estimate of drug-likeness (QED) is 0.0293. The van der Waals surface area contributed by atoms with Gasteiger partial charge in [0.15, 0.2) is 0 Å². The van der Waals surface area contributed by atoms with E-state index in [-0.39, 0.29) is 38.3 Å². The van der Waals surface area contributed by atoms with Gasteiger partial charge in [0.25, 0.3) is 0 Å². The molecule has 0 aromatic heterocycles. The minimum atomic E-state index is -1.84. The number of anilines is 1. The summed E-state index contributed by atoms with van der Waals surface area (Å²) in [5, 5.41) is 118. The van der Waals surface area contributed by atoms with Crippen LogP contribution in [0.5, 0.6) is 0 Å². The SMILES string of the molecule is CC[C@@H](C)C(NC(=O)[C@H](CC1CNc2ccccc21)NC(C)=O)C(=O)N[C@@H](CCC(N)=O)C(=O)NCc1ccc(CNC(=O)CN(CCNC(=O)[C@@H](CN(CCN(CC(=O)O)CC(=O)O)CC(=O)O)N(CC(=O)O)CC(=O)O)CCNC(=O)[C@@H](CN(CCN(CC(=O)O)CC(=O)O)CC(=O)O)N(CC(=O)O)CC(=O)O)cc1. The largest absolute Gasteiger partial charge is 0.480 e. The Bertz CT molecular complexity index is 3440. The fourth-order valence-corrected chi connectivity index (χ4v) is 11.9. The number of carbonyl (C=O) groups excluding carboxylic acids is 8. The number of nitrogens with two attached hydrogens (primary N) is 1. The second kappa shape index (κ2) is 48.8. The van der Waals surface area contributed by atoms with Gasteiger partial charge in [-0.3, -0.25) is 121 Å². The normalized spacial score (nSPS) is 14.0. The predicted octanol–water partition coefficient (Wildman–Crippen LogP) is -6.77. The number of aliphatic carboxylic acids is 10. The Morgan fingerprint density at radius 1 is 0.446 bits per heavy atom. The van der Waals surface area contributed by atoms with Crippen molar-refractivity contribution >= 4 is 113 Å². The molecule has 1 heterocycles. The fraction of sp³-hybridized carbons (Fsp3) is 0.559. The molecule has 112 heavy (non-hydrogen) atoms. The maximum atomic E-state index is 14.3. The molecule has 2 aromatic carbocycles. The highest BCUT2D eigenvalue weighted by atomic mass is 16.4. The summed E-state index contributed by atoms with van der Waals surface area (Å²) in [4.78, 5) is 234. The lowest BCUT2D eigenvalue weighted by atomic mass is 9.92. The van der Waals surface area contributed by atoms with Gasteiger partial charge in [0.1, 0.15) is 30.2 Å². The number of hydrogen-bond donors (Lipinski definition) is 19. The summed E-state index contributed by atoms with van der Waals surface area (Å²) in [6.45, 7) is -10.7. The standard InChI is InChI=1S/C68H100N16O28/c1-4-40(2)63(77-65(109)48(75-41(3)85)23-44-26-72-46-8-6-5-7-45(44)46)68(112)76-47(13-14-51(69)86)64(108)74-25-43-11-9-42(10-12-43)24-73-52(87)29-78(17-15-70-66(110)49(83(36-59(100)101)37-60(102)103)27-79(30-53(88)89)19-21-81(32-55(92)93)33-56(94)95)18-16-71-67(111)50(84(38-61(104)105)39-62(106)107)28-80(31-54(90)91)20-22-82(34-57(96)97)35-58(98)99/h5-12,40,44,47-50,63,72H,4,13-39H2,1-3H3,(H2,69,86)(H,70,110)(H,71,111)(H,73,87)(H,74,108)(H,75,85)(H,76,112)(H,77,109)(H,88,89)(H,90,91)(H,92,93)(H,94,95)(H,96,97)(H,98,99)(H,100,101)(H,102,103)(H,104,105)(H,106,107)/t40-,44?,47+,48+,49-,50-,63?/m1/s1. The Morgan fingerprint density at radius 3 is 1.25 bits per heavy atom. The van der Waals surface area contributed by atoms with Crippen molar-refractivity contribution < 1.29 is 137 Å². The van der Waals surface area contributed by atoms with Crippen molar-refractivity contribution in [3.05, 3.63) is 65.2 Å². The van der Waals surface area contributed by atoms with Crippen LogP contribution in [0.1, 0.15) is 69.1 Å². The molecular weight excluding hydrogens is 1490 g/mol. The van der Waals surface area contributed by atoms with Crippen LogP contribution < -0.4 is 48.3 Å². The molecule has 1 aliphatic rings. The van der Waals surface area contributed by atoms with Gasteiger partial charge in [0.05, 0.1) is 72.0 Å². The van der Waals surface area contributed by atoms with Gasteiger partial charge in [-0.05, 0) is 41.5 Å². The molecule has 44 nitrogen and oxygen atoms in total. The van der Waals surface area contributed by atoms with E-state index in [1.54, 1.807) is 38.1 Å². The van der Waals surface area contributed by atoms with Crippen molar-refractivity contribution in [3.63, 3.8) is 0 Å². The number of para-hydroxylation sites is 1. The summed E-state index contributed by atoms with van der Waals surface area (Å²) in [6, 6.07) is 6.47. The molecule has 2 unspecified atom stereocenters. The number of nitrogens with zero attached hydrogens (tertiary/aromatic N) is 7. The maximum absolute atomic E-state index is 14.3. The molecule has 0 saturated heterocycles. The molecule has 7 atom stereocenters. The van der Waals surface area contributed by atoms with Crippen LogP contribution in [-0.2, 0) is 99.4 Å². The van der Waals surface area contributed by atoms with Crippen molar-refractivity contribution in [3.8, 4) is 0 Å². The number of carboxylic acid groups (broad SMARTS) is 10. The number of carbonyl (C=O) groups is 18. The number of hydrogen-bond acceptors (Lipinski definition) is 26. The fourth-order valence-electron chi connectivity index (χ4n) is 11.9. The number of benzene rings is 2. The highest BCUT2D eigenvalue weighted by Crippen LogP contribution is 2.34. The van der Waals surface area contributed by atoms with Crippen molar-refractivity contribution in [2.24, 2.45) is 11.7 Å². The van der Waals surface area contributed by atoms with E-state index in [0.717, 1.165) is 30.9 Å². The van der Waals surface area contributed by atoms with Gasteiger partial charge < -0.3 is 99.3 Å². The lowest BCUT2D eigenvalue weighted by Crippen LogP contribution is -2.58. The Kier molecular flexibility index (Phi) is 41.3. The van der Waals surface area contributed by atoms with E-state index in [9.17, 15) is 137 Å². The smallest absolute Gasteiger partial charge is 0.317 e. The Hall–Kier alpha value is -11.6. The van der Waals surface area contributed by atoms with E-state index in [1.807, 2.05) is 24.3 Å². The van der Waals surface area contributed by atoms with Gasteiger partial charge in [-0.25, -0.2) is 0 Å². The molecule has 0 fully saturated rings. The number of amides is 8. The summed E-state index contributed by atoms with van der Waals surface area (Å²) >= 11 is 0.